The van der Waals surface area contributed by atoms with Gasteiger partial charge in [0.1, 0.15) is 12.2 Å². The van der Waals surface area contributed by atoms with Crippen molar-refractivity contribution in [1.29, 1.82) is 0 Å². The fraction of sp³-hybridized carbons (Fsp3) is 1.00. The average Bonchev–Trinajstić information content (AvgIpc) is 1.99. The van der Waals surface area contributed by atoms with Gasteiger partial charge in [-0.05, 0) is 20.8 Å². The van der Waals surface area contributed by atoms with Crippen molar-refractivity contribution in [1.82, 2.24) is 0 Å². The summed E-state index contributed by atoms with van der Waals surface area (Å²) in [7, 11) is 0. The summed E-state index contributed by atoms with van der Waals surface area (Å²) in [6.45, 7) is 4.39. The van der Waals surface area contributed by atoms with Crippen molar-refractivity contribution in [3.8, 4) is 0 Å². The van der Waals surface area contributed by atoms with E-state index in [9.17, 15) is 14.6 Å². The van der Waals surface area contributed by atoms with Crippen molar-refractivity contribution in [3.63, 3.8) is 0 Å². The number of hydrogen-bond acceptors (Lipinski definition) is 3. The van der Waals surface area contributed by atoms with Crippen molar-refractivity contribution >= 4 is 0 Å². The van der Waals surface area contributed by atoms with E-state index in [2.05, 4.69) is 0 Å². The third kappa shape index (κ3) is 1.34. The van der Waals surface area contributed by atoms with Gasteiger partial charge in [-0.3, -0.25) is 0 Å². The molecule has 1 aliphatic heterocycles. The van der Waals surface area contributed by atoms with Gasteiger partial charge < -0.3 is 14.9 Å². The van der Waals surface area contributed by atoms with Crippen molar-refractivity contribution in [2.45, 2.75) is 50.9 Å². The minimum Gasteiger partial charge on any atom is -0.388 e. The van der Waals surface area contributed by atoms with E-state index in [4.69, 9.17) is 4.74 Å². The maximum absolute atomic E-state index is 13.5. The third-order valence-corrected chi connectivity index (χ3v) is 2.60. The van der Waals surface area contributed by atoms with Gasteiger partial charge in [-0.2, -0.15) is 0 Å². The molecule has 1 saturated heterocycles. The molecule has 0 bridgehead atoms. The summed E-state index contributed by atoms with van der Waals surface area (Å²) >= 11 is 0. The van der Waals surface area contributed by atoms with Crippen LogP contribution in [0.2, 0.25) is 0 Å². The molecule has 0 aromatic rings. The normalized spacial score (nSPS) is 55.5. The molecule has 4 unspecified atom stereocenters. The van der Waals surface area contributed by atoms with E-state index < -0.39 is 30.1 Å². The highest BCUT2D eigenvalue weighted by Crippen LogP contribution is 2.32. The summed E-state index contributed by atoms with van der Waals surface area (Å²) in [5.41, 5.74) is -1.87. The van der Waals surface area contributed by atoms with E-state index in [1.165, 1.54) is 6.92 Å². The first-order chi connectivity index (χ1) is 5.37. The Balaban J connectivity index is 2.80. The van der Waals surface area contributed by atoms with Crippen LogP contribution in [0, 0.1) is 0 Å². The Morgan fingerprint density at radius 1 is 1.33 bits per heavy atom. The first-order valence-electron chi connectivity index (χ1n) is 4.08. The van der Waals surface area contributed by atoms with E-state index in [1.807, 2.05) is 0 Å². The minimum absolute atomic E-state index is 0.515. The summed E-state index contributed by atoms with van der Waals surface area (Å²) in [5, 5.41) is 18.6. The largest absolute Gasteiger partial charge is 0.388 e. The Hall–Kier alpha value is -0.190. The second-order valence-electron chi connectivity index (χ2n) is 3.57. The Kier molecular flexibility index (Phi) is 2.42. The van der Waals surface area contributed by atoms with Gasteiger partial charge in [0, 0.05) is 0 Å². The highest BCUT2D eigenvalue weighted by molar-refractivity contribution is 4.98. The van der Waals surface area contributed by atoms with Crippen LogP contribution in [0.15, 0.2) is 0 Å². The number of alkyl halides is 1. The molecule has 1 rings (SSSR count). The molecule has 0 aliphatic carbocycles. The van der Waals surface area contributed by atoms with E-state index in [0.29, 0.717) is 0 Å². The summed E-state index contributed by atoms with van der Waals surface area (Å²) < 4.78 is 18.6. The lowest BCUT2D eigenvalue weighted by atomic mass is 9.86. The van der Waals surface area contributed by atoms with E-state index in [-0.39, 0.29) is 0 Å². The van der Waals surface area contributed by atoms with Crippen LogP contribution in [-0.4, -0.2) is 40.3 Å². The lowest BCUT2D eigenvalue weighted by molar-refractivity contribution is -0.229. The molecule has 4 heteroatoms. The lowest BCUT2D eigenvalue weighted by Gasteiger charge is -2.43. The van der Waals surface area contributed by atoms with E-state index in [0.717, 1.165) is 0 Å². The zero-order valence-corrected chi connectivity index (χ0v) is 7.49. The van der Waals surface area contributed by atoms with Gasteiger partial charge >= 0.3 is 0 Å². The Labute approximate surface area is 71.2 Å². The first kappa shape index (κ1) is 9.89. The average molecular weight is 178 g/mol. The van der Waals surface area contributed by atoms with Crippen LogP contribution in [0.3, 0.4) is 0 Å². The van der Waals surface area contributed by atoms with Gasteiger partial charge in [0.25, 0.3) is 0 Å². The van der Waals surface area contributed by atoms with E-state index >= 15 is 0 Å². The lowest BCUT2D eigenvalue weighted by Crippen LogP contribution is -2.60. The number of aliphatic hydroxyl groups is 2. The molecule has 2 N–H and O–H groups in total. The number of hydrogen-bond donors (Lipinski definition) is 2. The molecule has 0 spiro atoms. The van der Waals surface area contributed by atoms with Crippen molar-refractivity contribution < 1.29 is 19.3 Å². The molecule has 0 aromatic heterocycles. The Morgan fingerprint density at radius 2 is 1.83 bits per heavy atom. The predicted octanol–water partition coefficient (Wildman–Crippen LogP) is 0.244. The molecule has 5 atom stereocenters. The molecule has 12 heavy (non-hydrogen) atoms. The standard InChI is InChI=1S/C8H15FO3/c1-4-6(10)7(11)8(3,9)5(2)12-4/h4-7,10-11H,1-3H3/t4?,5?,6-,7?,8?/m0/s1. The molecule has 0 radical (unpaired) electrons. The monoisotopic (exact) mass is 178 g/mol. The zero-order valence-electron chi connectivity index (χ0n) is 7.49. The van der Waals surface area contributed by atoms with Crippen molar-refractivity contribution in [2.75, 3.05) is 0 Å². The molecule has 1 heterocycles. The maximum atomic E-state index is 13.5. The topological polar surface area (TPSA) is 49.7 Å². The third-order valence-electron chi connectivity index (χ3n) is 2.60. The molecule has 0 aromatic carbocycles. The summed E-state index contributed by atoms with van der Waals surface area (Å²) in [6.07, 6.45) is -3.71. The van der Waals surface area contributed by atoms with Gasteiger partial charge in [0.15, 0.2) is 5.67 Å². The maximum Gasteiger partial charge on any atom is 0.162 e. The Morgan fingerprint density at radius 3 is 2.33 bits per heavy atom. The van der Waals surface area contributed by atoms with Crippen LogP contribution in [0.5, 0.6) is 0 Å². The van der Waals surface area contributed by atoms with Gasteiger partial charge in [-0.25, -0.2) is 4.39 Å². The van der Waals surface area contributed by atoms with Gasteiger partial charge in [-0.1, -0.05) is 0 Å². The summed E-state index contributed by atoms with van der Waals surface area (Å²) in [5.74, 6) is 0. The highest BCUT2D eigenvalue weighted by Gasteiger charge is 2.50. The number of rotatable bonds is 0. The molecular formula is C8H15FO3. The van der Waals surface area contributed by atoms with E-state index in [1.54, 1.807) is 13.8 Å². The molecule has 1 fully saturated rings. The number of ether oxygens (including phenoxy) is 1. The smallest absolute Gasteiger partial charge is 0.162 e. The fourth-order valence-corrected chi connectivity index (χ4v) is 1.37. The highest BCUT2D eigenvalue weighted by atomic mass is 19.1. The second-order valence-corrected chi connectivity index (χ2v) is 3.57. The van der Waals surface area contributed by atoms with Crippen LogP contribution >= 0.6 is 0 Å². The Bertz CT molecular complexity index is 172. The van der Waals surface area contributed by atoms with Crippen LogP contribution in [0.4, 0.5) is 4.39 Å². The van der Waals surface area contributed by atoms with Crippen LogP contribution in [0.25, 0.3) is 0 Å². The van der Waals surface area contributed by atoms with Crippen LogP contribution < -0.4 is 0 Å². The summed E-state index contributed by atoms with van der Waals surface area (Å²) in [6, 6.07) is 0. The minimum atomic E-state index is -1.87. The quantitative estimate of drug-likeness (QED) is 0.558. The second kappa shape index (κ2) is 2.94. The van der Waals surface area contributed by atoms with Gasteiger partial charge in [0.2, 0.25) is 0 Å². The molecule has 3 nitrogen and oxygen atoms in total. The fourth-order valence-electron chi connectivity index (χ4n) is 1.37. The van der Waals surface area contributed by atoms with Crippen LogP contribution in [-0.2, 0) is 4.74 Å². The SMILES string of the molecule is CC1OC(C)C(C)(F)C(O)[C@H]1O. The van der Waals surface area contributed by atoms with Gasteiger partial charge in [0.05, 0.1) is 12.2 Å². The number of halogens is 1. The van der Waals surface area contributed by atoms with Gasteiger partial charge in [-0.15, -0.1) is 0 Å². The molecule has 72 valence electrons. The van der Waals surface area contributed by atoms with Crippen molar-refractivity contribution in [2.24, 2.45) is 0 Å². The van der Waals surface area contributed by atoms with Crippen molar-refractivity contribution in [3.05, 3.63) is 0 Å². The molecule has 0 amide bonds. The molecule has 1 aliphatic rings. The zero-order chi connectivity index (χ0) is 9.52. The molecule has 0 saturated carbocycles. The number of aliphatic hydroxyl groups excluding tert-OH is 2. The summed E-state index contributed by atoms with van der Waals surface area (Å²) in [4.78, 5) is 0. The predicted molar refractivity (Wildman–Crippen MR) is 41.5 cm³/mol. The van der Waals surface area contributed by atoms with Crippen LogP contribution in [0.1, 0.15) is 20.8 Å². The molecular weight excluding hydrogens is 163 g/mol. The first-order valence-corrected chi connectivity index (χ1v) is 4.08.